The minimum atomic E-state index is -3.79. The molecule has 2 aromatic carbocycles. The number of sulfonamides is 1. The quantitative estimate of drug-likeness (QED) is 0.656. The van der Waals surface area contributed by atoms with E-state index in [1.54, 1.807) is 61.2 Å². The van der Waals surface area contributed by atoms with E-state index in [0.29, 0.717) is 24.3 Å². The molecular formula is C19H24N2O3S2. The molecule has 0 saturated carbocycles. The number of hydrogen-bond acceptors (Lipinski definition) is 4. The first kappa shape index (κ1) is 20.3. The smallest absolute Gasteiger partial charge is 0.266 e. The van der Waals surface area contributed by atoms with Crippen molar-refractivity contribution in [1.82, 2.24) is 0 Å². The van der Waals surface area contributed by atoms with Gasteiger partial charge in [0.15, 0.2) is 0 Å². The summed E-state index contributed by atoms with van der Waals surface area (Å²) in [4.78, 5) is 12.2. The van der Waals surface area contributed by atoms with Gasteiger partial charge in [-0.15, -0.1) is 0 Å². The lowest BCUT2D eigenvalue weighted by Gasteiger charge is -2.24. The Morgan fingerprint density at radius 1 is 1.08 bits per heavy atom. The van der Waals surface area contributed by atoms with Gasteiger partial charge in [-0.3, -0.25) is 9.10 Å². The Bertz CT molecular complexity index is 824. The molecule has 5 nitrogen and oxygen atoms in total. The van der Waals surface area contributed by atoms with Crippen LogP contribution in [-0.2, 0) is 14.8 Å². The second kappa shape index (κ2) is 9.64. The standard InChI is InChI=1S/C19H24N2O3S2/c1-3-21(16-10-5-4-6-11-16)26(23,24)18-13-8-7-12-17(18)20-19(22)14-9-15-25-2/h4-8,10-13H,3,9,14-15H2,1-2H3,(H,20,22). The molecule has 0 aromatic heterocycles. The number of amides is 1. The summed E-state index contributed by atoms with van der Waals surface area (Å²) in [6, 6.07) is 15.5. The molecule has 0 fully saturated rings. The first-order chi connectivity index (χ1) is 12.5. The van der Waals surface area contributed by atoms with Crippen molar-refractivity contribution in [1.29, 1.82) is 0 Å². The summed E-state index contributed by atoms with van der Waals surface area (Å²) in [5, 5.41) is 2.75. The highest BCUT2D eigenvalue weighted by atomic mass is 32.2. The van der Waals surface area contributed by atoms with Gasteiger partial charge in [0.2, 0.25) is 5.91 Å². The molecule has 0 atom stereocenters. The van der Waals surface area contributed by atoms with Crippen LogP contribution < -0.4 is 9.62 Å². The number of rotatable bonds is 9. The van der Waals surface area contributed by atoms with Crippen molar-refractivity contribution in [2.75, 3.05) is 28.2 Å². The van der Waals surface area contributed by atoms with Gasteiger partial charge in [0.1, 0.15) is 4.90 Å². The van der Waals surface area contributed by atoms with Crippen LogP contribution in [0.2, 0.25) is 0 Å². The third-order valence-electron chi connectivity index (χ3n) is 3.81. The molecule has 7 heteroatoms. The summed E-state index contributed by atoms with van der Waals surface area (Å²) < 4.78 is 27.7. The zero-order valence-electron chi connectivity index (χ0n) is 15.0. The Morgan fingerprint density at radius 3 is 2.38 bits per heavy atom. The number of carbonyl (C=O) groups excluding carboxylic acids is 1. The SMILES string of the molecule is CCN(c1ccccc1)S(=O)(=O)c1ccccc1NC(=O)CCCSC. The van der Waals surface area contributed by atoms with Crippen LogP contribution in [0.25, 0.3) is 0 Å². The Balaban J connectivity index is 2.31. The number of carbonyl (C=O) groups is 1. The van der Waals surface area contributed by atoms with Crippen LogP contribution in [-0.4, -0.2) is 32.9 Å². The molecule has 0 saturated heterocycles. The Kier molecular flexibility index (Phi) is 7.53. The number of para-hydroxylation sites is 2. The largest absolute Gasteiger partial charge is 0.325 e. The van der Waals surface area contributed by atoms with Crippen molar-refractivity contribution < 1.29 is 13.2 Å². The number of benzene rings is 2. The number of nitrogens with zero attached hydrogens (tertiary/aromatic N) is 1. The van der Waals surface area contributed by atoms with E-state index in [1.165, 1.54) is 10.4 Å². The number of nitrogens with one attached hydrogen (secondary N) is 1. The van der Waals surface area contributed by atoms with E-state index in [1.807, 2.05) is 12.3 Å². The van der Waals surface area contributed by atoms with Crippen LogP contribution >= 0.6 is 11.8 Å². The average molecular weight is 393 g/mol. The van der Waals surface area contributed by atoms with Crippen molar-refractivity contribution in [3.8, 4) is 0 Å². The maximum Gasteiger partial charge on any atom is 0.266 e. The van der Waals surface area contributed by atoms with Crippen LogP contribution in [0, 0.1) is 0 Å². The van der Waals surface area contributed by atoms with Gasteiger partial charge in [0.05, 0.1) is 11.4 Å². The maximum atomic E-state index is 13.2. The molecule has 0 spiro atoms. The van der Waals surface area contributed by atoms with Gasteiger partial charge in [0, 0.05) is 13.0 Å². The van der Waals surface area contributed by atoms with Gasteiger partial charge in [-0.05, 0) is 49.6 Å². The fourth-order valence-electron chi connectivity index (χ4n) is 2.59. The monoisotopic (exact) mass is 392 g/mol. The second-order valence-electron chi connectivity index (χ2n) is 5.65. The summed E-state index contributed by atoms with van der Waals surface area (Å²) >= 11 is 1.68. The van der Waals surface area contributed by atoms with Crippen molar-refractivity contribution in [3.63, 3.8) is 0 Å². The van der Waals surface area contributed by atoms with Crippen LogP contribution in [0.5, 0.6) is 0 Å². The highest BCUT2D eigenvalue weighted by molar-refractivity contribution is 7.98. The summed E-state index contributed by atoms with van der Waals surface area (Å²) in [6.45, 7) is 2.08. The van der Waals surface area contributed by atoms with E-state index in [-0.39, 0.29) is 10.8 Å². The minimum Gasteiger partial charge on any atom is -0.325 e. The number of thioether (sulfide) groups is 1. The lowest BCUT2D eigenvalue weighted by atomic mass is 10.3. The average Bonchev–Trinajstić information content (AvgIpc) is 2.63. The highest BCUT2D eigenvalue weighted by Crippen LogP contribution is 2.28. The van der Waals surface area contributed by atoms with Crippen LogP contribution in [0.3, 0.4) is 0 Å². The molecule has 2 aromatic rings. The number of anilines is 2. The third-order valence-corrected chi connectivity index (χ3v) is 6.47. The van der Waals surface area contributed by atoms with Crippen molar-refractivity contribution in [2.24, 2.45) is 0 Å². The Hall–Kier alpha value is -1.99. The number of hydrogen-bond donors (Lipinski definition) is 1. The predicted molar refractivity (Wildman–Crippen MR) is 109 cm³/mol. The summed E-state index contributed by atoms with van der Waals surface area (Å²) in [5.41, 5.74) is 0.909. The molecule has 0 aliphatic rings. The van der Waals surface area contributed by atoms with Gasteiger partial charge in [0.25, 0.3) is 10.0 Å². The molecule has 1 amide bonds. The van der Waals surface area contributed by atoms with Crippen LogP contribution in [0.15, 0.2) is 59.5 Å². The highest BCUT2D eigenvalue weighted by Gasteiger charge is 2.26. The fraction of sp³-hybridized carbons (Fsp3) is 0.316. The fourth-order valence-corrected chi connectivity index (χ4v) is 4.65. The van der Waals surface area contributed by atoms with Gasteiger partial charge in [-0.2, -0.15) is 11.8 Å². The molecule has 0 aliphatic heterocycles. The summed E-state index contributed by atoms with van der Waals surface area (Å²) in [7, 11) is -3.79. The predicted octanol–water partition coefficient (Wildman–Crippen LogP) is 3.98. The molecule has 26 heavy (non-hydrogen) atoms. The summed E-state index contributed by atoms with van der Waals surface area (Å²) in [6.07, 6.45) is 3.11. The zero-order valence-corrected chi connectivity index (χ0v) is 16.6. The van der Waals surface area contributed by atoms with E-state index in [0.717, 1.165) is 12.2 Å². The van der Waals surface area contributed by atoms with Gasteiger partial charge >= 0.3 is 0 Å². The maximum absolute atomic E-state index is 13.2. The van der Waals surface area contributed by atoms with Crippen molar-refractivity contribution in [2.45, 2.75) is 24.7 Å². The summed E-state index contributed by atoms with van der Waals surface area (Å²) in [5.74, 6) is 0.717. The normalized spacial score (nSPS) is 11.2. The second-order valence-corrected chi connectivity index (χ2v) is 8.46. The molecule has 0 unspecified atom stereocenters. The van der Waals surface area contributed by atoms with E-state index in [2.05, 4.69) is 5.32 Å². The molecule has 0 bridgehead atoms. The molecule has 0 aliphatic carbocycles. The van der Waals surface area contributed by atoms with Crippen LogP contribution in [0.1, 0.15) is 19.8 Å². The lowest BCUT2D eigenvalue weighted by molar-refractivity contribution is -0.116. The van der Waals surface area contributed by atoms with Gasteiger partial charge in [-0.1, -0.05) is 30.3 Å². The van der Waals surface area contributed by atoms with Crippen LogP contribution in [0.4, 0.5) is 11.4 Å². The first-order valence-electron chi connectivity index (χ1n) is 8.46. The van der Waals surface area contributed by atoms with Crippen molar-refractivity contribution >= 4 is 39.1 Å². The van der Waals surface area contributed by atoms with Gasteiger partial charge < -0.3 is 5.32 Å². The molecule has 2 rings (SSSR count). The Morgan fingerprint density at radius 2 is 1.73 bits per heavy atom. The molecule has 1 N–H and O–H groups in total. The molecular weight excluding hydrogens is 368 g/mol. The topological polar surface area (TPSA) is 66.5 Å². The van der Waals surface area contributed by atoms with E-state index in [9.17, 15) is 13.2 Å². The first-order valence-corrected chi connectivity index (χ1v) is 11.3. The lowest BCUT2D eigenvalue weighted by Crippen LogP contribution is -2.31. The van der Waals surface area contributed by atoms with E-state index in [4.69, 9.17) is 0 Å². The van der Waals surface area contributed by atoms with Gasteiger partial charge in [-0.25, -0.2) is 8.42 Å². The molecule has 0 heterocycles. The minimum absolute atomic E-state index is 0.101. The van der Waals surface area contributed by atoms with E-state index >= 15 is 0 Å². The van der Waals surface area contributed by atoms with E-state index < -0.39 is 10.0 Å². The van der Waals surface area contributed by atoms with Crippen molar-refractivity contribution in [3.05, 3.63) is 54.6 Å². The third kappa shape index (κ3) is 5.02. The Labute approximate surface area is 159 Å². The molecule has 140 valence electrons. The molecule has 0 radical (unpaired) electrons. The zero-order chi connectivity index (χ0) is 19.0.